The predicted molar refractivity (Wildman–Crippen MR) is 102 cm³/mol. The summed E-state index contributed by atoms with van der Waals surface area (Å²) in [5.74, 6) is -0.806. The molecule has 0 bridgehead atoms. The molecule has 0 radical (unpaired) electrons. The number of amidine groups is 1. The monoisotopic (exact) mass is 436 g/mol. The molecule has 166 valence electrons. The van der Waals surface area contributed by atoms with Gasteiger partial charge in [-0.3, -0.25) is 25.7 Å². The number of aromatic nitrogens is 3. The standard InChI is InChI=1S/C17H20N6O8/c1-30-8-4-2-7(3-5-8)15(27)19-14(18)10-11(21-29)16(28)23(22-20-10)17-13(26)12(25)9(6-24)31-17/h2-5,9,12-13,17,21,24-26,29H,6H2,1H3,(H2,18,19,27). The van der Waals surface area contributed by atoms with E-state index < -0.39 is 59.8 Å². The van der Waals surface area contributed by atoms with E-state index in [2.05, 4.69) is 15.6 Å². The summed E-state index contributed by atoms with van der Waals surface area (Å²) >= 11 is 0. The van der Waals surface area contributed by atoms with Crippen molar-refractivity contribution in [3.63, 3.8) is 0 Å². The Morgan fingerprint density at radius 3 is 2.52 bits per heavy atom. The van der Waals surface area contributed by atoms with Gasteiger partial charge in [-0.15, -0.1) is 5.10 Å². The Kier molecular flexibility index (Phi) is 6.57. The zero-order valence-corrected chi connectivity index (χ0v) is 16.1. The highest BCUT2D eigenvalue weighted by atomic mass is 16.6. The molecule has 14 nitrogen and oxygen atoms in total. The number of aliphatic hydroxyl groups excluding tert-OH is 3. The minimum absolute atomic E-state index is 0.192. The number of carbonyl (C=O) groups excluding carboxylic acids is 1. The average molecular weight is 436 g/mol. The van der Waals surface area contributed by atoms with Gasteiger partial charge < -0.3 is 30.1 Å². The van der Waals surface area contributed by atoms with E-state index in [1.165, 1.54) is 19.2 Å². The number of anilines is 1. The van der Waals surface area contributed by atoms with Gasteiger partial charge >= 0.3 is 0 Å². The minimum atomic E-state index is -1.62. The smallest absolute Gasteiger partial charge is 0.298 e. The molecule has 1 aliphatic heterocycles. The van der Waals surface area contributed by atoms with Crippen molar-refractivity contribution in [3.8, 4) is 5.75 Å². The van der Waals surface area contributed by atoms with Crippen LogP contribution in [-0.4, -0.2) is 79.3 Å². The van der Waals surface area contributed by atoms with Crippen LogP contribution in [0.2, 0.25) is 0 Å². The molecule has 0 spiro atoms. The van der Waals surface area contributed by atoms with Gasteiger partial charge in [-0.05, 0) is 24.3 Å². The SMILES string of the molecule is COc1ccc(C(=O)NC(=N)c2nnn(C3OC(CO)C(O)C3O)c(=O)c2NO)cc1. The molecule has 4 atom stereocenters. The molecule has 1 amide bonds. The Labute approximate surface area is 174 Å². The van der Waals surface area contributed by atoms with Crippen LogP contribution in [0.1, 0.15) is 22.3 Å². The first-order valence-electron chi connectivity index (χ1n) is 8.88. The Balaban J connectivity index is 1.85. The molecule has 1 aromatic heterocycles. The first-order chi connectivity index (χ1) is 14.8. The summed E-state index contributed by atoms with van der Waals surface area (Å²) in [4.78, 5) is 25.0. The van der Waals surface area contributed by atoms with Crippen molar-refractivity contribution in [2.24, 2.45) is 0 Å². The van der Waals surface area contributed by atoms with Gasteiger partial charge in [0.05, 0.1) is 13.7 Å². The number of nitrogens with zero attached hydrogens (tertiary/aromatic N) is 3. The predicted octanol–water partition coefficient (Wildman–Crippen LogP) is -2.19. The lowest BCUT2D eigenvalue weighted by Gasteiger charge is -2.17. The van der Waals surface area contributed by atoms with Crippen LogP contribution in [0.4, 0.5) is 5.69 Å². The molecule has 1 aliphatic rings. The van der Waals surface area contributed by atoms with E-state index in [4.69, 9.17) is 20.0 Å². The first-order valence-corrected chi connectivity index (χ1v) is 8.88. The molecule has 4 unspecified atom stereocenters. The van der Waals surface area contributed by atoms with Crippen molar-refractivity contribution < 1.29 is 34.8 Å². The third-order valence-corrected chi connectivity index (χ3v) is 4.60. The van der Waals surface area contributed by atoms with E-state index >= 15 is 0 Å². The van der Waals surface area contributed by atoms with E-state index in [1.54, 1.807) is 17.6 Å². The van der Waals surface area contributed by atoms with Crippen LogP contribution in [0.15, 0.2) is 29.1 Å². The van der Waals surface area contributed by atoms with E-state index in [0.29, 0.717) is 10.4 Å². The number of amides is 1. The maximum Gasteiger partial charge on any atom is 0.298 e. The molecule has 31 heavy (non-hydrogen) atoms. The van der Waals surface area contributed by atoms with Gasteiger partial charge in [0.25, 0.3) is 11.5 Å². The van der Waals surface area contributed by atoms with Crippen LogP contribution >= 0.6 is 0 Å². The molecule has 0 saturated carbocycles. The van der Waals surface area contributed by atoms with Gasteiger partial charge in [0.1, 0.15) is 24.1 Å². The molecule has 7 N–H and O–H groups in total. The lowest BCUT2D eigenvalue weighted by atomic mass is 10.1. The summed E-state index contributed by atoms with van der Waals surface area (Å²) in [6.45, 7) is -0.623. The summed E-state index contributed by atoms with van der Waals surface area (Å²) in [5.41, 5.74) is -0.398. The maximum absolute atomic E-state index is 12.7. The quantitative estimate of drug-likeness (QED) is 0.147. The van der Waals surface area contributed by atoms with Crippen molar-refractivity contribution in [1.82, 2.24) is 20.3 Å². The third kappa shape index (κ3) is 4.23. The summed E-state index contributed by atoms with van der Waals surface area (Å²) in [6, 6.07) is 6.00. The number of hydrogen-bond acceptors (Lipinski definition) is 12. The molecule has 0 aliphatic carbocycles. The van der Waals surface area contributed by atoms with E-state index in [-0.39, 0.29) is 5.56 Å². The Bertz CT molecular complexity index is 1030. The number of methoxy groups -OCH3 is 1. The number of ether oxygens (including phenoxy) is 2. The number of rotatable bonds is 6. The van der Waals surface area contributed by atoms with E-state index in [1.807, 2.05) is 0 Å². The molecule has 1 fully saturated rings. The topological polar surface area (TPSA) is 212 Å². The molecule has 2 heterocycles. The van der Waals surface area contributed by atoms with Crippen molar-refractivity contribution >= 4 is 17.4 Å². The van der Waals surface area contributed by atoms with Gasteiger partial charge in [-0.2, -0.15) is 4.68 Å². The summed E-state index contributed by atoms with van der Waals surface area (Å²) in [7, 11) is 1.47. The van der Waals surface area contributed by atoms with Crippen LogP contribution in [0.3, 0.4) is 0 Å². The lowest BCUT2D eigenvalue weighted by molar-refractivity contribution is -0.0622. The minimum Gasteiger partial charge on any atom is -0.497 e. The van der Waals surface area contributed by atoms with Gasteiger partial charge in [0, 0.05) is 5.56 Å². The third-order valence-electron chi connectivity index (χ3n) is 4.60. The Hall–Kier alpha value is -3.43. The maximum atomic E-state index is 12.7. The largest absolute Gasteiger partial charge is 0.497 e. The van der Waals surface area contributed by atoms with Gasteiger partial charge in [0.2, 0.25) is 0 Å². The highest BCUT2D eigenvalue weighted by molar-refractivity contribution is 6.12. The van der Waals surface area contributed by atoms with Crippen LogP contribution in [0.25, 0.3) is 0 Å². The van der Waals surface area contributed by atoms with Crippen LogP contribution in [0, 0.1) is 5.41 Å². The zero-order chi connectivity index (χ0) is 22.7. The molecule has 1 aromatic carbocycles. The van der Waals surface area contributed by atoms with Gasteiger partial charge in [-0.1, -0.05) is 5.21 Å². The molecule has 2 aromatic rings. The van der Waals surface area contributed by atoms with Gasteiger partial charge in [0.15, 0.2) is 23.4 Å². The number of nitrogens with one attached hydrogen (secondary N) is 3. The Morgan fingerprint density at radius 1 is 1.29 bits per heavy atom. The van der Waals surface area contributed by atoms with Crippen molar-refractivity contribution in [3.05, 3.63) is 45.9 Å². The van der Waals surface area contributed by atoms with Crippen molar-refractivity contribution in [1.29, 1.82) is 5.41 Å². The average Bonchev–Trinajstić information content (AvgIpc) is 3.07. The fourth-order valence-corrected chi connectivity index (χ4v) is 2.91. The number of carbonyl (C=O) groups is 1. The van der Waals surface area contributed by atoms with Gasteiger partial charge in [-0.25, -0.2) is 0 Å². The fraction of sp³-hybridized carbons (Fsp3) is 0.353. The normalized spacial score (nSPS) is 22.7. The van der Waals surface area contributed by atoms with Crippen molar-refractivity contribution in [2.75, 3.05) is 19.2 Å². The summed E-state index contributed by atoms with van der Waals surface area (Å²) in [5, 5.41) is 55.9. The lowest BCUT2D eigenvalue weighted by Crippen LogP contribution is -2.40. The van der Waals surface area contributed by atoms with Crippen LogP contribution in [-0.2, 0) is 4.74 Å². The second kappa shape index (κ2) is 9.15. The zero-order valence-electron chi connectivity index (χ0n) is 16.1. The number of benzene rings is 1. The molecular formula is C17H20N6O8. The van der Waals surface area contributed by atoms with E-state index in [9.17, 15) is 25.0 Å². The fourth-order valence-electron chi connectivity index (χ4n) is 2.91. The van der Waals surface area contributed by atoms with Crippen molar-refractivity contribution in [2.45, 2.75) is 24.5 Å². The number of hydrogen-bond donors (Lipinski definition) is 7. The Morgan fingerprint density at radius 2 is 1.97 bits per heavy atom. The number of aliphatic hydroxyl groups is 3. The molecule has 1 saturated heterocycles. The molecule has 14 heteroatoms. The first kappa shape index (κ1) is 22.3. The molecular weight excluding hydrogens is 416 g/mol. The second-order valence-electron chi connectivity index (χ2n) is 6.46. The second-order valence-corrected chi connectivity index (χ2v) is 6.46. The van der Waals surface area contributed by atoms with Crippen LogP contribution in [0.5, 0.6) is 5.75 Å². The highest BCUT2D eigenvalue weighted by Crippen LogP contribution is 2.27. The molecule has 3 rings (SSSR count). The van der Waals surface area contributed by atoms with E-state index in [0.717, 1.165) is 0 Å². The summed E-state index contributed by atoms with van der Waals surface area (Å²) in [6.07, 6.45) is -5.77. The van der Waals surface area contributed by atoms with Crippen LogP contribution < -0.4 is 21.1 Å². The summed E-state index contributed by atoms with van der Waals surface area (Å²) < 4.78 is 10.7. The highest BCUT2D eigenvalue weighted by Gasteiger charge is 2.45.